The van der Waals surface area contributed by atoms with Crippen LogP contribution < -0.4 is 10.9 Å². The monoisotopic (exact) mass is 458 g/mol. The molecule has 0 unspecified atom stereocenters. The van der Waals surface area contributed by atoms with E-state index in [1.807, 2.05) is 4.57 Å². The summed E-state index contributed by atoms with van der Waals surface area (Å²) < 4.78 is 6.93. The first-order valence-electron chi connectivity index (χ1n) is 11.0. The van der Waals surface area contributed by atoms with Crippen LogP contribution in [0.4, 0.5) is 5.82 Å². The molecule has 3 aromatic rings. The van der Waals surface area contributed by atoms with Crippen LogP contribution >= 0.6 is 23.1 Å². The highest BCUT2D eigenvalue weighted by atomic mass is 32.2. The molecule has 7 nitrogen and oxygen atoms in total. The number of rotatable bonds is 6. The fraction of sp³-hybridized carbons (Fsp3) is 0.545. The van der Waals surface area contributed by atoms with Gasteiger partial charge in [0.25, 0.3) is 5.56 Å². The van der Waals surface area contributed by atoms with E-state index in [2.05, 4.69) is 10.5 Å². The Balaban J connectivity index is 1.39. The third-order valence-corrected chi connectivity index (χ3v) is 8.27. The normalized spacial score (nSPS) is 16.7. The number of carbonyl (C=O) groups excluding carboxylic acids is 1. The minimum Gasteiger partial charge on any atom is -0.360 e. The number of nitrogens with zero attached hydrogens (tertiary/aromatic N) is 3. The third-order valence-electron chi connectivity index (χ3n) is 6.13. The third kappa shape index (κ3) is 4.17. The Labute approximate surface area is 188 Å². The topological polar surface area (TPSA) is 90.0 Å². The van der Waals surface area contributed by atoms with Crippen LogP contribution in [0.3, 0.4) is 0 Å². The van der Waals surface area contributed by atoms with Gasteiger partial charge in [-0.3, -0.25) is 14.2 Å². The Morgan fingerprint density at radius 3 is 2.87 bits per heavy atom. The van der Waals surface area contributed by atoms with E-state index in [1.54, 1.807) is 24.3 Å². The highest BCUT2D eigenvalue weighted by molar-refractivity contribution is 7.99. The number of nitrogens with one attached hydrogen (secondary N) is 1. The molecule has 5 rings (SSSR count). The quantitative estimate of drug-likeness (QED) is 0.419. The van der Waals surface area contributed by atoms with E-state index >= 15 is 0 Å². The number of thioether (sulfide) groups is 1. The predicted octanol–water partition coefficient (Wildman–Crippen LogP) is 4.87. The smallest absolute Gasteiger partial charge is 0.263 e. The maximum atomic E-state index is 13.6. The number of fused-ring (bicyclic) bond motifs is 3. The average Bonchev–Trinajstić information content (AvgIpc) is 3.48. The molecule has 9 heteroatoms. The summed E-state index contributed by atoms with van der Waals surface area (Å²) in [4.78, 5) is 33.1. The van der Waals surface area contributed by atoms with Gasteiger partial charge >= 0.3 is 0 Å². The van der Waals surface area contributed by atoms with Gasteiger partial charge in [0, 0.05) is 29.2 Å². The largest absolute Gasteiger partial charge is 0.360 e. The van der Waals surface area contributed by atoms with E-state index in [1.165, 1.54) is 28.6 Å². The molecule has 1 N–H and O–H groups in total. The van der Waals surface area contributed by atoms with Crippen LogP contribution in [0.15, 0.2) is 20.5 Å². The maximum absolute atomic E-state index is 13.6. The van der Waals surface area contributed by atoms with E-state index in [4.69, 9.17) is 9.51 Å². The number of aromatic nitrogens is 3. The summed E-state index contributed by atoms with van der Waals surface area (Å²) in [5.74, 6) is 1.52. The first-order chi connectivity index (χ1) is 15.1. The molecule has 2 aliphatic carbocycles. The Hall–Kier alpha value is -2.13. The average molecular weight is 459 g/mol. The number of anilines is 1. The van der Waals surface area contributed by atoms with E-state index in [0.717, 1.165) is 60.3 Å². The second kappa shape index (κ2) is 8.78. The van der Waals surface area contributed by atoms with Crippen LogP contribution in [0, 0.1) is 6.92 Å². The molecule has 3 heterocycles. The van der Waals surface area contributed by atoms with Gasteiger partial charge in [-0.15, -0.1) is 11.3 Å². The molecule has 0 radical (unpaired) electrons. The molecule has 1 fully saturated rings. The summed E-state index contributed by atoms with van der Waals surface area (Å²) in [7, 11) is 0. The van der Waals surface area contributed by atoms with Crippen molar-refractivity contribution in [1.82, 2.24) is 14.7 Å². The summed E-state index contributed by atoms with van der Waals surface area (Å²) in [6, 6.07) is 1.91. The summed E-state index contributed by atoms with van der Waals surface area (Å²) in [5, 5.41) is 8.16. The SMILES string of the molecule is Cc1cc(NC(=O)CCSc2nc3sc4c(c3c(=O)n2C2CCCC2)CCCC4)no1. The molecule has 3 aromatic heterocycles. The number of carbonyl (C=O) groups is 1. The van der Waals surface area contributed by atoms with Gasteiger partial charge in [-0.05, 0) is 51.0 Å². The summed E-state index contributed by atoms with van der Waals surface area (Å²) in [6.07, 6.45) is 9.07. The minimum atomic E-state index is -0.122. The highest BCUT2D eigenvalue weighted by Gasteiger charge is 2.27. The molecule has 1 amide bonds. The lowest BCUT2D eigenvalue weighted by Gasteiger charge is -2.18. The Bertz CT molecular complexity index is 1170. The van der Waals surface area contributed by atoms with Gasteiger partial charge in [0.2, 0.25) is 5.91 Å². The number of amides is 1. The zero-order valence-electron chi connectivity index (χ0n) is 17.6. The fourth-order valence-corrected chi connectivity index (χ4v) is 6.96. The maximum Gasteiger partial charge on any atom is 0.263 e. The van der Waals surface area contributed by atoms with Crippen molar-refractivity contribution in [1.29, 1.82) is 0 Å². The molecule has 164 valence electrons. The van der Waals surface area contributed by atoms with Crippen LogP contribution in [-0.4, -0.2) is 26.4 Å². The van der Waals surface area contributed by atoms with Crippen molar-refractivity contribution in [2.45, 2.75) is 75.9 Å². The lowest BCUT2D eigenvalue weighted by Crippen LogP contribution is -2.27. The molecule has 31 heavy (non-hydrogen) atoms. The molecule has 0 atom stereocenters. The first-order valence-corrected chi connectivity index (χ1v) is 12.8. The van der Waals surface area contributed by atoms with Crippen molar-refractivity contribution >= 4 is 45.0 Å². The number of hydrogen-bond donors (Lipinski definition) is 1. The van der Waals surface area contributed by atoms with Crippen LogP contribution in [0.5, 0.6) is 0 Å². The van der Waals surface area contributed by atoms with Gasteiger partial charge in [0.1, 0.15) is 10.6 Å². The van der Waals surface area contributed by atoms with E-state index in [9.17, 15) is 9.59 Å². The van der Waals surface area contributed by atoms with Gasteiger partial charge in [-0.2, -0.15) is 0 Å². The van der Waals surface area contributed by atoms with Crippen LogP contribution in [0.1, 0.15) is 67.2 Å². The van der Waals surface area contributed by atoms with E-state index in [0.29, 0.717) is 23.8 Å². The molecule has 0 aromatic carbocycles. The zero-order chi connectivity index (χ0) is 21.4. The summed E-state index contributed by atoms with van der Waals surface area (Å²) in [6.45, 7) is 1.78. The van der Waals surface area contributed by atoms with Crippen LogP contribution in [-0.2, 0) is 17.6 Å². The molecule has 1 saturated carbocycles. The van der Waals surface area contributed by atoms with Crippen molar-refractivity contribution in [3.8, 4) is 0 Å². The van der Waals surface area contributed by atoms with Gasteiger partial charge < -0.3 is 9.84 Å². The second-order valence-corrected chi connectivity index (χ2v) is 10.5. The molecule has 0 spiro atoms. The van der Waals surface area contributed by atoms with Crippen molar-refractivity contribution in [2.24, 2.45) is 0 Å². The van der Waals surface area contributed by atoms with Crippen molar-refractivity contribution in [2.75, 3.05) is 11.1 Å². The van der Waals surface area contributed by atoms with Crippen LogP contribution in [0.25, 0.3) is 10.2 Å². The Morgan fingerprint density at radius 1 is 1.29 bits per heavy atom. The standard InChI is InChI=1S/C22H26N4O3S2/c1-13-12-17(25-29-13)23-18(27)10-11-30-22-24-20-19(15-8-4-5-9-16(15)31-20)21(28)26(22)14-6-2-3-7-14/h12,14H,2-11H2,1H3,(H,23,25,27). The lowest BCUT2D eigenvalue weighted by molar-refractivity contribution is -0.115. The van der Waals surface area contributed by atoms with E-state index in [-0.39, 0.29) is 17.5 Å². The summed E-state index contributed by atoms with van der Waals surface area (Å²) in [5.41, 5.74) is 1.37. The van der Waals surface area contributed by atoms with Crippen molar-refractivity contribution < 1.29 is 9.32 Å². The number of hydrogen-bond acceptors (Lipinski definition) is 7. The number of thiophene rings is 1. The molecule has 0 saturated heterocycles. The predicted molar refractivity (Wildman–Crippen MR) is 123 cm³/mol. The first kappa shape index (κ1) is 20.8. The van der Waals surface area contributed by atoms with Gasteiger partial charge in [0.15, 0.2) is 11.0 Å². The van der Waals surface area contributed by atoms with E-state index < -0.39 is 0 Å². The Morgan fingerprint density at radius 2 is 2.10 bits per heavy atom. The Kier molecular flexibility index (Phi) is 5.88. The molecular weight excluding hydrogens is 432 g/mol. The van der Waals surface area contributed by atoms with Crippen LogP contribution in [0.2, 0.25) is 0 Å². The molecule has 0 bridgehead atoms. The van der Waals surface area contributed by atoms with Gasteiger partial charge in [-0.1, -0.05) is 29.8 Å². The lowest BCUT2D eigenvalue weighted by atomic mass is 9.97. The number of aryl methyl sites for hydroxylation is 3. The fourth-order valence-electron chi connectivity index (χ4n) is 4.65. The molecular formula is C22H26N4O3S2. The minimum absolute atomic E-state index is 0.122. The highest BCUT2D eigenvalue weighted by Crippen LogP contribution is 2.37. The van der Waals surface area contributed by atoms with Crippen molar-refractivity contribution in [3.05, 3.63) is 32.6 Å². The second-order valence-electron chi connectivity index (χ2n) is 8.37. The summed E-state index contributed by atoms with van der Waals surface area (Å²) >= 11 is 3.19. The molecule has 0 aliphatic heterocycles. The zero-order valence-corrected chi connectivity index (χ0v) is 19.2. The van der Waals surface area contributed by atoms with Gasteiger partial charge in [-0.25, -0.2) is 4.98 Å². The molecule has 2 aliphatic rings. The van der Waals surface area contributed by atoms with Gasteiger partial charge in [0.05, 0.1) is 5.39 Å². The van der Waals surface area contributed by atoms with Crippen molar-refractivity contribution in [3.63, 3.8) is 0 Å².